The third-order valence-corrected chi connectivity index (χ3v) is 2.85. The fourth-order valence-corrected chi connectivity index (χ4v) is 1.71. The first kappa shape index (κ1) is 14.9. The number of aliphatic hydroxyl groups excluding tert-OH is 1. The maximum atomic E-state index is 11.8. The number of aliphatic hydroxyl groups is 1. The number of nitrogens with zero attached hydrogens (tertiary/aromatic N) is 2. The second-order valence-corrected chi connectivity index (χ2v) is 4.20. The smallest absolute Gasteiger partial charge is 0.283 e. The van der Waals surface area contributed by atoms with Crippen molar-refractivity contribution in [2.45, 2.75) is 6.54 Å². The van der Waals surface area contributed by atoms with Crippen molar-refractivity contribution in [2.75, 3.05) is 31.7 Å². The summed E-state index contributed by atoms with van der Waals surface area (Å²) < 4.78 is 6.83. The van der Waals surface area contributed by atoms with Crippen molar-refractivity contribution in [1.29, 1.82) is 0 Å². The molecule has 100 valence electrons. The van der Waals surface area contributed by atoms with Crippen molar-refractivity contribution in [2.24, 2.45) is 0 Å². The van der Waals surface area contributed by atoms with Crippen LogP contribution in [-0.2, 0) is 11.3 Å². The van der Waals surface area contributed by atoms with Crippen LogP contribution in [-0.4, -0.2) is 41.3 Å². The van der Waals surface area contributed by atoms with Crippen molar-refractivity contribution in [3.8, 4) is 0 Å². The minimum absolute atomic E-state index is 0.00283. The first-order valence-corrected chi connectivity index (χ1v) is 6.29. The van der Waals surface area contributed by atoms with Gasteiger partial charge in [0.25, 0.3) is 5.56 Å². The molecular weight excluding hydrogens is 302 g/mol. The van der Waals surface area contributed by atoms with Gasteiger partial charge in [0.1, 0.15) is 4.47 Å². The van der Waals surface area contributed by atoms with E-state index in [-0.39, 0.29) is 12.2 Å². The second-order valence-electron chi connectivity index (χ2n) is 3.41. The van der Waals surface area contributed by atoms with Gasteiger partial charge in [-0.1, -0.05) is 6.08 Å². The molecular formula is C11H16BrN3O3. The summed E-state index contributed by atoms with van der Waals surface area (Å²) >= 11 is 3.23. The van der Waals surface area contributed by atoms with E-state index < -0.39 is 0 Å². The molecule has 1 aromatic heterocycles. The summed E-state index contributed by atoms with van der Waals surface area (Å²) in [5.74, 6) is 0. The molecule has 0 saturated carbocycles. The van der Waals surface area contributed by atoms with E-state index in [1.165, 1.54) is 4.68 Å². The molecule has 0 amide bonds. The average Bonchev–Trinajstić information content (AvgIpc) is 2.37. The lowest BCUT2D eigenvalue weighted by Gasteiger charge is -2.09. The first-order chi connectivity index (χ1) is 8.70. The summed E-state index contributed by atoms with van der Waals surface area (Å²) in [5.41, 5.74) is 0.407. The van der Waals surface area contributed by atoms with E-state index in [2.05, 4.69) is 32.9 Å². The molecule has 0 fully saturated rings. The van der Waals surface area contributed by atoms with E-state index in [0.29, 0.717) is 36.5 Å². The zero-order valence-electron chi connectivity index (χ0n) is 9.93. The van der Waals surface area contributed by atoms with Crippen molar-refractivity contribution < 1.29 is 9.84 Å². The molecule has 1 heterocycles. The maximum Gasteiger partial charge on any atom is 0.283 e. The number of hydrogen-bond acceptors (Lipinski definition) is 5. The van der Waals surface area contributed by atoms with Gasteiger partial charge in [0.2, 0.25) is 0 Å². The molecule has 1 rings (SSSR count). The first-order valence-electron chi connectivity index (χ1n) is 5.49. The lowest BCUT2D eigenvalue weighted by atomic mass is 10.4. The standard InChI is InChI=1S/C11H16BrN3O3/c1-2-4-15-11(17)10(12)9(8-14-15)13-3-6-18-7-5-16/h2,8,13,16H,1,3-7H2. The van der Waals surface area contributed by atoms with Crippen LogP contribution in [0.2, 0.25) is 0 Å². The highest BCUT2D eigenvalue weighted by Crippen LogP contribution is 2.15. The number of ether oxygens (including phenoxy) is 1. The van der Waals surface area contributed by atoms with Gasteiger partial charge in [-0.2, -0.15) is 5.10 Å². The Morgan fingerprint density at radius 1 is 1.61 bits per heavy atom. The van der Waals surface area contributed by atoms with Crippen LogP contribution in [0.25, 0.3) is 0 Å². The molecule has 2 N–H and O–H groups in total. The van der Waals surface area contributed by atoms with E-state index in [1.807, 2.05) is 0 Å². The Bertz CT molecular complexity index is 448. The van der Waals surface area contributed by atoms with Crippen LogP contribution in [0.4, 0.5) is 5.69 Å². The Morgan fingerprint density at radius 3 is 3.06 bits per heavy atom. The minimum Gasteiger partial charge on any atom is -0.394 e. The molecule has 0 saturated heterocycles. The largest absolute Gasteiger partial charge is 0.394 e. The Labute approximate surface area is 113 Å². The van der Waals surface area contributed by atoms with Crippen LogP contribution in [0.1, 0.15) is 0 Å². The van der Waals surface area contributed by atoms with Crippen LogP contribution in [0, 0.1) is 0 Å². The van der Waals surface area contributed by atoms with Gasteiger partial charge in [0, 0.05) is 6.54 Å². The van der Waals surface area contributed by atoms with Gasteiger partial charge in [-0.15, -0.1) is 6.58 Å². The van der Waals surface area contributed by atoms with Crippen molar-refractivity contribution >= 4 is 21.6 Å². The van der Waals surface area contributed by atoms with Gasteiger partial charge in [0.05, 0.1) is 38.2 Å². The van der Waals surface area contributed by atoms with E-state index in [4.69, 9.17) is 9.84 Å². The van der Waals surface area contributed by atoms with E-state index in [9.17, 15) is 4.79 Å². The summed E-state index contributed by atoms with van der Waals surface area (Å²) in [4.78, 5) is 11.8. The molecule has 0 bridgehead atoms. The van der Waals surface area contributed by atoms with Crippen LogP contribution in [0.5, 0.6) is 0 Å². The summed E-state index contributed by atoms with van der Waals surface area (Å²) in [6.45, 7) is 5.22. The van der Waals surface area contributed by atoms with Gasteiger partial charge in [-0.3, -0.25) is 4.79 Å². The van der Waals surface area contributed by atoms with Gasteiger partial charge in [-0.05, 0) is 15.9 Å². The second kappa shape index (κ2) is 8.02. The van der Waals surface area contributed by atoms with Gasteiger partial charge < -0.3 is 15.2 Å². The topological polar surface area (TPSA) is 76.4 Å². The quantitative estimate of drug-likeness (QED) is 0.543. The molecule has 0 radical (unpaired) electrons. The Kier molecular flexibility index (Phi) is 6.63. The molecule has 1 aromatic rings. The molecule has 0 aliphatic heterocycles. The molecule has 7 heteroatoms. The Morgan fingerprint density at radius 2 is 2.39 bits per heavy atom. The van der Waals surface area contributed by atoms with Gasteiger partial charge >= 0.3 is 0 Å². The van der Waals surface area contributed by atoms with E-state index in [1.54, 1.807) is 12.3 Å². The zero-order valence-corrected chi connectivity index (χ0v) is 11.5. The molecule has 0 unspecified atom stereocenters. The van der Waals surface area contributed by atoms with E-state index >= 15 is 0 Å². The maximum absolute atomic E-state index is 11.8. The van der Waals surface area contributed by atoms with Crippen molar-refractivity contribution in [3.63, 3.8) is 0 Å². The molecule has 0 spiro atoms. The third kappa shape index (κ3) is 4.25. The third-order valence-electron chi connectivity index (χ3n) is 2.08. The van der Waals surface area contributed by atoms with Crippen LogP contribution < -0.4 is 10.9 Å². The highest BCUT2D eigenvalue weighted by Gasteiger charge is 2.07. The van der Waals surface area contributed by atoms with Crippen molar-refractivity contribution in [3.05, 3.63) is 33.7 Å². The number of halogens is 1. The zero-order chi connectivity index (χ0) is 13.4. The molecule has 0 atom stereocenters. The highest BCUT2D eigenvalue weighted by atomic mass is 79.9. The highest BCUT2D eigenvalue weighted by molar-refractivity contribution is 9.10. The van der Waals surface area contributed by atoms with Crippen LogP contribution in [0.3, 0.4) is 0 Å². The fraction of sp³-hybridized carbons (Fsp3) is 0.455. The normalized spacial score (nSPS) is 10.3. The molecule has 0 aliphatic carbocycles. The molecule has 6 nitrogen and oxygen atoms in total. The average molecular weight is 318 g/mol. The SMILES string of the molecule is C=CCn1ncc(NCCOCCO)c(Br)c1=O. The van der Waals surface area contributed by atoms with Gasteiger partial charge in [0.15, 0.2) is 0 Å². The summed E-state index contributed by atoms with van der Waals surface area (Å²) in [6.07, 6.45) is 3.18. The minimum atomic E-state index is -0.212. The number of rotatable bonds is 8. The molecule has 0 aliphatic rings. The number of aromatic nitrogens is 2. The monoisotopic (exact) mass is 317 g/mol. The van der Waals surface area contributed by atoms with Gasteiger partial charge in [-0.25, -0.2) is 4.68 Å². The Balaban J connectivity index is 2.59. The summed E-state index contributed by atoms with van der Waals surface area (Å²) in [7, 11) is 0. The van der Waals surface area contributed by atoms with Crippen LogP contribution in [0.15, 0.2) is 28.1 Å². The Hall–Kier alpha value is -1.18. The lowest BCUT2D eigenvalue weighted by molar-refractivity contribution is 0.0992. The molecule has 0 aromatic carbocycles. The molecule has 18 heavy (non-hydrogen) atoms. The summed E-state index contributed by atoms with van der Waals surface area (Å²) in [6, 6.07) is 0. The van der Waals surface area contributed by atoms with E-state index in [0.717, 1.165) is 0 Å². The number of hydrogen-bond donors (Lipinski definition) is 2. The predicted molar refractivity (Wildman–Crippen MR) is 72.8 cm³/mol. The lowest BCUT2D eigenvalue weighted by Crippen LogP contribution is -2.24. The number of anilines is 1. The fourth-order valence-electron chi connectivity index (χ4n) is 1.27. The number of allylic oxidation sites excluding steroid dienone is 1. The van der Waals surface area contributed by atoms with Crippen molar-refractivity contribution in [1.82, 2.24) is 9.78 Å². The summed E-state index contributed by atoms with van der Waals surface area (Å²) in [5, 5.41) is 15.6. The predicted octanol–water partition coefficient (Wildman–Crippen LogP) is 0.613. The van der Waals surface area contributed by atoms with Crippen LogP contribution >= 0.6 is 15.9 Å². The number of nitrogens with one attached hydrogen (secondary N) is 1.